The van der Waals surface area contributed by atoms with Crippen LogP contribution in [0.5, 0.6) is 0 Å². The molecule has 1 aromatic heterocycles. The molecule has 0 unspecified atom stereocenters. The maximum atomic E-state index is 9.96. The first-order valence-electron chi connectivity index (χ1n) is 3.99. The fourth-order valence-electron chi connectivity index (χ4n) is 1.54. The molecule has 0 aliphatic carbocycles. The first-order valence-corrected chi connectivity index (χ1v) is 4.78. The van der Waals surface area contributed by atoms with Gasteiger partial charge in [0.2, 0.25) is 0 Å². The molecule has 0 aromatic carbocycles. The van der Waals surface area contributed by atoms with Crippen molar-refractivity contribution in [1.82, 2.24) is 14.9 Å². The summed E-state index contributed by atoms with van der Waals surface area (Å²) < 4.78 is 0.826. The second-order valence-corrected chi connectivity index (χ2v) is 4.34. The minimum absolute atomic E-state index is 0.508. The molecule has 1 aliphatic rings. The lowest BCUT2D eigenvalue weighted by Gasteiger charge is -2.42. The zero-order valence-electron chi connectivity index (χ0n) is 7.24. The highest BCUT2D eigenvalue weighted by atomic mass is 79.9. The second kappa shape index (κ2) is 3.01. The van der Waals surface area contributed by atoms with E-state index in [0.29, 0.717) is 18.9 Å². The number of hydrogen-bond donors (Lipinski definition) is 1. The number of aliphatic hydroxyl groups is 1. The molecule has 5 heteroatoms. The van der Waals surface area contributed by atoms with E-state index in [2.05, 4.69) is 25.9 Å². The normalized spacial score (nSPS) is 21.2. The van der Waals surface area contributed by atoms with Crippen LogP contribution in [0.3, 0.4) is 0 Å². The monoisotopic (exact) mass is 243 g/mol. The standard InChI is InChI=1S/C8H10BrN3O/c1-12-4-8(13,5-12)7-10-2-6(9)3-11-7/h2-3,13H,4-5H2,1H3. The van der Waals surface area contributed by atoms with Crippen molar-refractivity contribution in [3.05, 3.63) is 22.7 Å². The van der Waals surface area contributed by atoms with E-state index in [1.807, 2.05) is 11.9 Å². The number of hydrogen-bond acceptors (Lipinski definition) is 4. The third kappa shape index (κ3) is 1.59. The van der Waals surface area contributed by atoms with Gasteiger partial charge in [-0.15, -0.1) is 0 Å². The molecular weight excluding hydrogens is 234 g/mol. The molecule has 13 heavy (non-hydrogen) atoms. The predicted octanol–water partition coefficient (Wildman–Crippen LogP) is 0.372. The number of aromatic nitrogens is 2. The molecule has 0 radical (unpaired) electrons. The van der Waals surface area contributed by atoms with E-state index in [9.17, 15) is 5.11 Å². The van der Waals surface area contributed by atoms with E-state index < -0.39 is 5.60 Å². The summed E-state index contributed by atoms with van der Waals surface area (Å²) in [5, 5.41) is 9.96. The van der Waals surface area contributed by atoms with Gasteiger partial charge in [-0.05, 0) is 23.0 Å². The maximum Gasteiger partial charge on any atom is 0.162 e. The van der Waals surface area contributed by atoms with Crippen LogP contribution < -0.4 is 0 Å². The zero-order valence-corrected chi connectivity index (χ0v) is 8.82. The Morgan fingerprint density at radius 3 is 2.46 bits per heavy atom. The Morgan fingerprint density at radius 1 is 1.46 bits per heavy atom. The number of likely N-dealkylation sites (N-methyl/N-ethyl adjacent to an activating group) is 1. The van der Waals surface area contributed by atoms with Crippen LogP contribution in [0.4, 0.5) is 0 Å². The molecule has 0 amide bonds. The molecule has 2 heterocycles. The van der Waals surface area contributed by atoms with Crippen molar-refractivity contribution in [2.75, 3.05) is 20.1 Å². The summed E-state index contributed by atoms with van der Waals surface area (Å²) in [5.41, 5.74) is -0.838. The summed E-state index contributed by atoms with van der Waals surface area (Å²) in [7, 11) is 1.95. The van der Waals surface area contributed by atoms with E-state index in [0.717, 1.165) is 4.47 Å². The van der Waals surface area contributed by atoms with Gasteiger partial charge >= 0.3 is 0 Å². The van der Waals surface area contributed by atoms with Gasteiger partial charge in [0.05, 0.1) is 4.47 Å². The van der Waals surface area contributed by atoms with Crippen LogP contribution in [0.15, 0.2) is 16.9 Å². The van der Waals surface area contributed by atoms with Crippen LogP contribution in [0.25, 0.3) is 0 Å². The lowest BCUT2D eigenvalue weighted by molar-refractivity contribution is -0.0982. The predicted molar refractivity (Wildman–Crippen MR) is 51.1 cm³/mol. The third-order valence-corrected chi connectivity index (χ3v) is 2.51. The molecule has 0 atom stereocenters. The third-order valence-electron chi connectivity index (χ3n) is 2.10. The highest BCUT2D eigenvalue weighted by Crippen LogP contribution is 2.27. The number of rotatable bonds is 1. The summed E-state index contributed by atoms with van der Waals surface area (Å²) in [6.07, 6.45) is 3.30. The smallest absolute Gasteiger partial charge is 0.162 e. The minimum atomic E-state index is -0.838. The van der Waals surface area contributed by atoms with Crippen molar-refractivity contribution in [2.45, 2.75) is 5.60 Å². The molecule has 70 valence electrons. The maximum absolute atomic E-state index is 9.96. The van der Waals surface area contributed by atoms with Gasteiger partial charge in [0.15, 0.2) is 5.82 Å². The first kappa shape index (κ1) is 9.05. The molecule has 1 fully saturated rings. The molecule has 1 N–H and O–H groups in total. The van der Waals surface area contributed by atoms with Crippen molar-refractivity contribution in [3.8, 4) is 0 Å². The summed E-state index contributed by atoms with van der Waals surface area (Å²) >= 11 is 3.25. The summed E-state index contributed by atoms with van der Waals surface area (Å²) in [5.74, 6) is 0.508. The molecule has 1 aromatic rings. The van der Waals surface area contributed by atoms with Crippen LogP contribution in [0.1, 0.15) is 5.82 Å². The fraction of sp³-hybridized carbons (Fsp3) is 0.500. The molecule has 0 bridgehead atoms. The molecule has 0 saturated carbocycles. The van der Waals surface area contributed by atoms with Crippen molar-refractivity contribution in [1.29, 1.82) is 0 Å². The number of likely N-dealkylation sites (tertiary alicyclic amines) is 1. The Bertz CT molecular complexity index is 308. The highest BCUT2D eigenvalue weighted by Gasteiger charge is 2.43. The Labute approximate surface area is 84.7 Å². The van der Waals surface area contributed by atoms with Gasteiger partial charge < -0.3 is 5.11 Å². The topological polar surface area (TPSA) is 49.2 Å². The van der Waals surface area contributed by atoms with E-state index in [1.165, 1.54) is 0 Å². The number of nitrogens with zero attached hydrogens (tertiary/aromatic N) is 3. The molecule has 2 rings (SSSR count). The van der Waals surface area contributed by atoms with E-state index in [-0.39, 0.29) is 0 Å². The Hall–Kier alpha value is -0.520. The van der Waals surface area contributed by atoms with Crippen LogP contribution in [-0.4, -0.2) is 40.1 Å². The zero-order chi connectivity index (χ0) is 9.47. The summed E-state index contributed by atoms with van der Waals surface area (Å²) in [6.45, 7) is 1.21. The van der Waals surface area contributed by atoms with E-state index in [1.54, 1.807) is 12.4 Å². The van der Waals surface area contributed by atoms with Crippen LogP contribution in [-0.2, 0) is 5.60 Å². The minimum Gasteiger partial charge on any atom is -0.379 e. The van der Waals surface area contributed by atoms with Crippen molar-refractivity contribution in [2.24, 2.45) is 0 Å². The van der Waals surface area contributed by atoms with Gasteiger partial charge in [0.25, 0.3) is 0 Å². The van der Waals surface area contributed by atoms with Gasteiger partial charge in [-0.25, -0.2) is 9.97 Å². The summed E-state index contributed by atoms with van der Waals surface area (Å²) in [6, 6.07) is 0. The van der Waals surface area contributed by atoms with E-state index >= 15 is 0 Å². The fourth-order valence-corrected chi connectivity index (χ4v) is 1.75. The number of halogens is 1. The molecule has 1 aliphatic heterocycles. The van der Waals surface area contributed by atoms with Crippen LogP contribution >= 0.6 is 15.9 Å². The Morgan fingerprint density at radius 2 is 2.00 bits per heavy atom. The largest absolute Gasteiger partial charge is 0.379 e. The number of β-amino-alcohol motifs (C(OH)–C–C–N with tert-alkyl or cyclic N) is 1. The quantitative estimate of drug-likeness (QED) is 0.775. The van der Waals surface area contributed by atoms with Crippen LogP contribution in [0, 0.1) is 0 Å². The molecule has 1 saturated heterocycles. The van der Waals surface area contributed by atoms with E-state index in [4.69, 9.17) is 0 Å². The van der Waals surface area contributed by atoms with Crippen molar-refractivity contribution >= 4 is 15.9 Å². The van der Waals surface area contributed by atoms with Gasteiger partial charge in [0, 0.05) is 25.5 Å². The lowest BCUT2D eigenvalue weighted by Crippen LogP contribution is -2.58. The van der Waals surface area contributed by atoms with Gasteiger partial charge in [0.1, 0.15) is 5.60 Å². The van der Waals surface area contributed by atoms with Crippen molar-refractivity contribution < 1.29 is 5.11 Å². The molecule has 4 nitrogen and oxygen atoms in total. The highest BCUT2D eigenvalue weighted by molar-refractivity contribution is 9.10. The molecular formula is C8H10BrN3O. The Balaban J connectivity index is 2.22. The Kier molecular flexibility index (Phi) is 2.09. The average Bonchev–Trinajstić information content (AvgIpc) is 2.03. The van der Waals surface area contributed by atoms with Gasteiger partial charge in [-0.2, -0.15) is 0 Å². The second-order valence-electron chi connectivity index (χ2n) is 3.43. The lowest BCUT2D eigenvalue weighted by atomic mass is 9.94. The first-order chi connectivity index (χ1) is 6.10. The van der Waals surface area contributed by atoms with Crippen LogP contribution in [0.2, 0.25) is 0 Å². The summed E-state index contributed by atoms with van der Waals surface area (Å²) in [4.78, 5) is 10.2. The average molecular weight is 244 g/mol. The van der Waals surface area contributed by atoms with Gasteiger partial charge in [-0.1, -0.05) is 0 Å². The molecule has 0 spiro atoms. The van der Waals surface area contributed by atoms with Gasteiger partial charge in [-0.3, -0.25) is 4.90 Å². The van der Waals surface area contributed by atoms with Crippen molar-refractivity contribution in [3.63, 3.8) is 0 Å². The SMILES string of the molecule is CN1CC(O)(c2ncc(Br)cn2)C1.